The van der Waals surface area contributed by atoms with Crippen molar-refractivity contribution in [1.82, 2.24) is 9.88 Å². The van der Waals surface area contributed by atoms with Crippen molar-refractivity contribution in [1.29, 1.82) is 0 Å². The van der Waals surface area contributed by atoms with Crippen molar-refractivity contribution in [3.63, 3.8) is 0 Å². The van der Waals surface area contributed by atoms with Crippen molar-refractivity contribution in [2.75, 3.05) is 32.6 Å². The Morgan fingerprint density at radius 2 is 1.97 bits per heavy atom. The Bertz CT molecular complexity index is 1250. The Morgan fingerprint density at radius 3 is 2.64 bits per heavy atom. The number of carbonyl (C=O) groups is 1. The van der Waals surface area contributed by atoms with Crippen LogP contribution in [-0.2, 0) is 5.92 Å². The number of ether oxygens (including phenoxy) is 1. The van der Waals surface area contributed by atoms with Crippen LogP contribution >= 0.6 is 0 Å². The maximum atomic E-state index is 14.1. The summed E-state index contributed by atoms with van der Waals surface area (Å²) in [5.74, 6) is -2.13. The molecule has 9 heteroatoms. The lowest BCUT2D eigenvalue weighted by molar-refractivity contribution is -0.896. The second-order valence-corrected chi connectivity index (χ2v) is 9.39. The molecule has 0 aliphatic carbocycles. The first-order chi connectivity index (χ1) is 17.1. The monoisotopic (exact) mass is 499 g/mol. The fourth-order valence-corrected chi connectivity index (χ4v) is 4.76. The molecule has 1 saturated heterocycles. The van der Waals surface area contributed by atoms with Gasteiger partial charge in [0.05, 0.1) is 12.7 Å². The molecule has 36 heavy (non-hydrogen) atoms. The van der Waals surface area contributed by atoms with Gasteiger partial charge >= 0.3 is 11.7 Å². The number of nitrogens with zero attached hydrogens (tertiary/aromatic N) is 2. The van der Waals surface area contributed by atoms with E-state index in [1.807, 2.05) is 18.2 Å². The highest BCUT2D eigenvalue weighted by molar-refractivity contribution is 6.02. The standard InChI is InChI=1S/C27H32F2N4O3/c1-5-27(28,29)20-7-6-8-21(16-20)31-26(34)24-17(2)30-25(33(24)35)19-9-10-23(36-4)22(15-19)18-11-13-32(3)14-12-18/h6-10,15-16,18,35H,5,11-14H2,1-4H3,(H,31,34)/p+1. The van der Waals surface area contributed by atoms with Crippen LogP contribution in [0.1, 0.15) is 59.4 Å². The number of benzene rings is 2. The summed E-state index contributed by atoms with van der Waals surface area (Å²) in [5, 5.41) is 13.6. The van der Waals surface area contributed by atoms with Crippen molar-refractivity contribution < 1.29 is 28.2 Å². The third kappa shape index (κ3) is 5.06. The van der Waals surface area contributed by atoms with E-state index in [0.29, 0.717) is 23.0 Å². The number of likely N-dealkylation sites (tertiary alicyclic amines) is 1. The number of aromatic nitrogens is 2. The van der Waals surface area contributed by atoms with Crippen LogP contribution in [0, 0.1) is 6.92 Å². The number of rotatable bonds is 7. The van der Waals surface area contributed by atoms with Crippen LogP contribution in [-0.4, -0.2) is 48.2 Å². The largest absolute Gasteiger partial charge is 0.496 e. The molecule has 0 radical (unpaired) electrons. The first-order valence-electron chi connectivity index (χ1n) is 12.1. The first kappa shape index (κ1) is 25.6. The molecule has 1 amide bonds. The number of aromatic amines is 1. The zero-order chi connectivity index (χ0) is 26.0. The summed E-state index contributed by atoms with van der Waals surface area (Å²) in [6.45, 7) is 5.07. The molecular formula is C27H33F2N4O3+. The molecular weight excluding hydrogens is 466 g/mol. The van der Waals surface area contributed by atoms with Gasteiger partial charge in [0.25, 0.3) is 11.6 Å². The van der Waals surface area contributed by atoms with E-state index in [-0.39, 0.29) is 23.4 Å². The highest BCUT2D eigenvalue weighted by Gasteiger charge is 2.32. The van der Waals surface area contributed by atoms with Crippen LogP contribution < -0.4 is 14.8 Å². The van der Waals surface area contributed by atoms with Gasteiger partial charge in [0.15, 0.2) is 5.69 Å². The predicted molar refractivity (Wildman–Crippen MR) is 133 cm³/mol. The Morgan fingerprint density at radius 1 is 1.25 bits per heavy atom. The van der Waals surface area contributed by atoms with E-state index >= 15 is 0 Å². The fourth-order valence-electron chi connectivity index (χ4n) is 4.76. The van der Waals surface area contributed by atoms with Gasteiger partial charge in [-0.1, -0.05) is 19.1 Å². The lowest BCUT2D eigenvalue weighted by Crippen LogP contribution is -2.39. The predicted octanol–water partition coefficient (Wildman–Crippen LogP) is 5.09. The molecule has 3 N–H and O–H groups in total. The molecule has 0 unspecified atom stereocenters. The smallest absolute Gasteiger partial charge is 0.327 e. The molecule has 0 atom stereocenters. The highest BCUT2D eigenvalue weighted by atomic mass is 19.3. The number of aryl methyl sites for hydroxylation is 1. The number of halogens is 2. The number of hydrogen-bond acceptors (Lipinski definition) is 4. The van der Waals surface area contributed by atoms with Gasteiger partial charge in [-0.05, 0) is 79.5 Å². The summed E-state index contributed by atoms with van der Waals surface area (Å²) in [4.78, 5) is 18.4. The van der Waals surface area contributed by atoms with E-state index in [4.69, 9.17) is 4.74 Å². The second kappa shape index (κ2) is 10.3. The summed E-state index contributed by atoms with van der Waals surface area (Å²) in [5.41, 5.74) is 2.26. The molecule has 1 aliphatic heterocycles. The van der Waals surface area contributed by atoms with Crippen LogP contribution in [0.5, 0.6) is 5.75 Å². The number of H-pyrrole nitrogens is 1. The van der Waals surface area contributed by atoms with E-state index in [0.717, 1.165) is 42.0 Å². The van der Waals surface area contributed by atoms with E-state index in [2.05, 4.69) is 22.2 Å². The molecule has 2 heterocycles. The normalized spacial score (nSPS) is 15.2. The van der Waals surface area contributed by atoms with Crippen molar-refractivity contribution in [2.24, 2.45) is 0 Å². The van der Waals surface area contributed by atoms with Crippen LogP contribution in [0.3, 0.4) is 0 Å². The molecule has 0 saturated carbocycles. The Labute approximate surface area is 209 Å². The van der Waals surface area contributed by atoms with Gasteiger partial charge in [0, 0.05) is 24.6 Å². The zero-order valence-corrected chi connectivity index (χ0v) is 21.1. The van der Waals surface area contributed by atoms with E-state index in [9.17, 15) is 18.8 Å². The topological polar surface area (TPSA) is 81.5 Å². The number of amides is 1. The van der Waals surface area contributed by atoms with Gasteiger partial charge in [0.2, 0.25) is 0 Å². The summed E-state index contributed by atoms with van der Waals surface area (Å²) < 4.78 is 34.6. The summed E-state index contributed by atoms with van der Waals surface area (Å²) in [6, 6.07) is 11.3. The van der Waals surface area contributed by atoms with Crippen LogP contribution in [0.25, 0.3) is 11.4 Å². The fraction of sp³-hybridized carbons (Fsp3) is 0.407. The summed E-state index contributed by atoms with van der Waals surface area (Å²) in [6.07, 6.45) is 1.66. The van der Waals surface area contributed by atoms with Crippen LogP contribution in [0.4, 0.5) is 14.5 Å². The number of hydrogen-bond donors (Lipinski definition) is 3. The molecule has 3 aromatic rings. The van der Waals surface area contributed by atoms with E-state index in [1.165, 1.54) is 31.2 Å². The van der Waals surface area contributed by atoms with Crippen molar-refractivity contribution >= 4 is 11.6 Å². The average Bonchev–Trinajstić information content (AvgIpc) is 3.18. The minimum absolute atomic E-state index is 0.00526. The first-order valence-corrected chi connectivity index (χ1v) is 12.1. The molecule has 2 aromatic carbocycles. The minimum Gasteiger partial charge on any atom is -0.496 e. The molecule has 1 aromatic heterocycles. The molecule has 4 rings (SSSR count). The number of carbonyl (C=O) groups excluding carboxylic acids is 1. The van der Waals surface area contributed by atoms with Crippen molar-refractivity contribution in [3.05, 3.63) is 65.0 Å². The molecule has 0 spiro atoms. The van der Waals surface area contributed by atoms with Gasteiger partial charge in [-0.3, -0.25) is 4.79 Å². The number of imidazole rings is 1. The number of nitrogens with one attached hydrogen (secondary N) is 2. The second-order valence-electron chi connectivity index (χ2n) is 9.39. The number of anilines is 1. The van der Waals surface area contributed by atoms with Crippen LogP contribution in [0.2, 0.25) is 0 Å². The van der Waals surface area contributed by atoms with Crippen LogP contribution in [0.15, 0.2) is 42.5 Å². The lowest BCUT2D eigenvalue weighted by Gasteiger charge is -2.30. The van der Waals surface area contributed by atoms with Gasteiger partial charge in [-0.25, -0.2) is 13.8 Å². The van der Waals surface area contributed by atoms with E-state index in [1.54, 1.807) is 14.0 Å². The molecule has 7 nitrogen and oxygen atoms in total. The Hall–Kier alpha value is -3.46. The summed E-state index contributed by atoms with van der Waals surface area (Å²) in [7, 11) is 3.75. The van der Waals surface area contributed by atoms with Gasteiger partial charge in [-0.2, -0.15) is 0 Å². The quantitative estimate of drug-likeness (QED) is 0.313. The van der Waals surface area contributed by atoms with Crippen molar-refractivity contribution in [2.45, 2.75) is 45.0 Å². The van der Waals surface area contributed by atoms with Gasteiger partial charge in [-0.15, -0.1) is 0 Å². The maximum absolute atomic E-state index is 14.1. The Balaban J connectivity index is 1.63. The summed E-state index contributed by atoms with van der Waals surface area (Å²) >= 11 is 0. The Kier molecular flexibility index (Phi) is 7.31. The average molecular weight is 500 g/mol. The van der Waals surface area contributed by atoms with E-state index < -0.39 is 11.8 Å². The lowest BCUT2D eigenvalue weighted by atomic mass is 9.88. The zero-order valence-electron chi connectivity index (χ0n) is 21.1. The number of piperidine rings is 1. The highest BCUT2D eigenvalue weighted by Crippen LogP contribution is 2.36. The van der Waals surface area contributed by atoms with Crippen molar-refractivity contribution in [3.8, 4) is 17.1 Å². The van der Waals surface area contributed by atoms with Gasteiger partial charge in [0.1, 0.15) is 5.75 Å². The maximum Gasteiger partial charge on any atom is 0.327 e. The molecule has 1 aliphatic rings. The third-order valence-electron chi connectivity index (χ3n) is 6.95. The number of alkyl halides is 2. The molecule has 0 bridgehead atoms. The third-order valence-corrected chi connectivity index (χ3v) is 6.95. The van der Waals surface area contributed by atoms with Gasteiger partial charge < -0.3 is 20.2 Å². The minimum atomic E-state index is -2.99. The SMILES string of the molecule is CCC(F)(F)c1cccc(NC(=O)c2c(C)[nH]c(-c3ccc(OC)c(C4CCN(C)CC4)c3)[n+]2O)c1. The number of methoxy groups -OCH3 is 1. The molecule has 192 valence electrons. The molecule has 1 fully saturated rings.